The van der Waals surface area contributed by atoms with Crippen molar-refractivity contribution in [2.75, 3.05) is 0 Å². The van der Waals surface area contributed by atoms with Crippen LogP contribution in [0.3, 0.4) is 0 Å². The Hall–Kier alpha value is -2.67. The molecule has 7 heteroatoms. The number of amides is 1. The Morgan fingerprint density at radius 2 is 2.09 bits per heavy atom. The Kier molecular flexibility index (Phi) is 4.45. The minimum atomic E-state index is -0.528. The zero-order chi connectivity index (χ0) is 15.2. The number of carbonyl (C=O) groups is 1. The molecule has 0 unspecified atom stereocenters. The number of alkyl carbamates (subject to hydrolysis) is 1. The number of aromatic nitrogens is 2. The molecule has 22 heavy (non-hydrogen) atoms. The Bertz CT molecular complexity index is 726. The van der Waals surface area contributed by atoms with Crippen LogP contribution in [0.5, 0.6) is 0 Å². The molecule has 0 saturated heterocycles. The second-order valence-electron chi connectivity index (χ2n) is 4.40. The summed E-state index contributed by atoms with van der Waals surface area (Å²) < 4.78 is 10.2. The van der Waals surface area contributed by atoms with Crippen molar-refractivity contribution in [3.05, 3.63) is 59.3 Å². The molecule has 3 rings (SSSR count). The van der Waals surface area contributed by atoms with E-state index < -0.39 is 6.09 Å². The normalized spacial score (nSPS) is 10.4. The molecule has 0 radical (unpaired) electrons. The lowest BCUT2D eigenvalue weighted by Gasteiger charge is -2.04. The summed E-state index contributed by atoms with van der Waals surface area (Å²) in [6, 6.07) is 13.3. The summed E-state index contributed by atoms with van der Waals surface area (Å²) in [6.07, 6.45) is -0.528. The lowest BCUT2D eigenvalue weighted by Crippen LogP contribution is -2.23. The van der Waals surface area contributed by atoms with Crippen LogP contribution >= 0.6 is 11.3 Å². The number of hydrogen-bond donors (Lipinski definition) is 1. The van der Waals surface area contributed by atoms with Gasteiger partial charge >= 0.3 is 6.09 Å². The number of carbonyl (C=O) groups excluding carboxylic acids is 1. The third kappa shape index (κ3) is 3.70. The van der Waals surface area contributed by atoms with E-state index >= 15 is 0 Å². The first-order valence-electron chi connectivity index (χ1n) is 6.62. The van der Waals surface area contributed by atoms with E-state index in [1.807, 2.05) is 47.8 Å². The molecule has 2 heterocycles. The van der Waals surface area contributed by atoms with Gasteiger partial charge in [-0.15, -0.1) is 11.3 Å². The Labute approximate surface area is 130 Å². The lowest BCUT2D eigenvalue weighted by atomic mass is 10.2. The third-order valence-electron chi connectivity index (χ3n) is 2.81. The molecule has 6 nitrogen and oxygen atoms in total. The highest BCUT2D eigenvalue weighted by Crippen LogP contribution is 2.21. The quantitative estimate of drug-likeness (QED) is 0.782. The van der Waals surface area contributed by atoms with E-state index in [1.54, 1.807) is 0 Å². The van der Waals surface area contributed by atoms with E-state index in [0.29, 0.717) is 11.7 Å². The number of benzene rings is 1. The van der Waals surface area contributed by atoms with Crippen LogP contribution in [-0.4, -0.2) is 16.2 Å². The molecule has 2 aromatic heterocycles. The maximum absolute atomic E-state index is 11.6. The SMILES string of the molecule is O=C(NCc1nc(-c2cccs2)no1)OCc1ccccc1. The van der Waals surface area contributed by atoms with Crippen molar-refractivity contribution in [3.8, 4) is 10.7 Å². The Morgan fingerprint density at radius 1 is 1.23 bits per heavy atom. The molecule has 0 spiro atoms. The summed E-state index contributed by atoms with van der Waals surface area (Å²) in [7, 11) is 0. The van der Waals surface area contributed by atoms with Gasteiger partial charge in [0.15, 0.2) is 0 Å². The average Bonchev–Trinajstić information content (AvgIpc) is 3.22. The van der Waals surface area contributed by atoms with Crippen molar-refractivity contribution >= 4 is 17.4 Å². The van der Waals surface area contributed by atoms with Gasteiger partial charge in [0.25, 0.3) is 0 Å². The van der Waals surface area contributed by atoms with Gasteiger partial charge in [-0.2, -0.15) is 4.98 Å². The van der Waals surface area contributed by atoms with Crippen LogP contribution in [0.4, 0.5) is 4.79 Å². The van der Waals surface area contributed by atoms with E-state index in [-0.39, 0.29) is 13.2 Å². The van der Waals surface area contributed by atoms with Gasteiger partial charge in [0, 0.05) is 0 Å². The standard InChI is InChI=1S/C15H13N3O3S/c19-15(20-10-11-5-2-1-3-6-11)16-9-13-17-14(18-21-13)12-7-4-8-22-12/h1-8H,9-10H2,(H,16,19). The van der Waals surface area contributed by atoms with Gasteiger partial charge in [-0.25, -0.2) is 4.79 Å². The molecule has 1 amide bonds. The highest BCUT2D eigenvalue weighted by atomic mass is 32.1. The van der Waals surface area contributed by atoms with Crippen LogP contribution in [-0.2, 0) is 17.9 Å². The molecule has 0 saturated carbocycles. The molecule has 0 atom stereocenters. The van der Waals surface area contributed by atoms with E-state index in [0.717, 1.165) is 10.4 Å². The van der Waals surface area contributed by atoms with Gasteiger partial charge in [-0.3, -0.25) is 0 Å². The molecule has 1 N–H and O–H groups in total. The zero-order valence-corrected chi connectivity index (χ0v) is 12.4. The molecule has 112 valence electrons. The van der Waals surface area contributed by atoms with E-state index in [2.05, 4.69) is 15.5 Å². The summed E-state index contributed by atoms with van der Waals surface area (Å²) in [5.74, 6) is 0.851. The number of nitrogens with one attached hydrogen (secondary N) is 1. The molecular weight excluding hydrogens is 302 g/mol. The molecule has 0 fully saturated rings. The second-order valence-corrected chi connectivity index (χ2v) is 5.35. The van der Waals surface area contributed by atoms with Crippen molar-refractivity contribution in [2.24, 2.45) is 0 Å². The first-order chi connectivity index (χ1) is 10.8. The second kappa shape index (κ2) is 6.86. The first kappa shape index (κ1) is 14.3. The van der Waals surface area contributed by atoms with Gasteiger partial charge in [-0.1, -0.05) is 41.6 Å². The van der Waals surface area contributed by atoms with Crippen molar-refractivity contribution in [2.45, 2.75) is 13.2 Å². The number of hydrogen-bond acceptors (Lipinski definition) is 6. The van der Waals surface area contributed by atoms with Crippen LogP contribution in [0.15, 0.2) is 52.4 Å². The fourth-order valence-corrected chi connectivity index (χ4v) is 2.40. The minimum Gasteiger partial charge on any atom is -0.445 e. The van der Waals surface area contributed by atoms with E-state index in [1.165, 1.54) is 11.3 Å². The number of nitrogens with zero attached hydrogens (tertiary/aromatic N) is 2. The monoisotopic (exact) mass is 315 g/mol. The Balaban J connectivity index is 1.47. The summed E-state index contributed by atoms with van der Waals surface area (Å²) in [4.78, 5) is 16.7. The lowest BCUT2D eigenvalue weighted by molar-refractivity contribution is 0.138. The van der Waals surface area contributed by atoms with E-state index in [4.69, 9.17) is 9.26 Å². The van der Waals surface area contributed by atoms with Crippen molar-refractivity contribution in [1.82, 2.24) is 15.5 Å². The van der Waals surface area contributed by atoms with Gasteiger partial charge in [0.2, 0.25) is 11.7 Å². The number of rotatable bonds is 5. The van der Waals surface area contributed by atoms with Crippen molar-refractivity contribution in [1.29, 1.82) is 0 Å². The fourth-order valence-electron chi connectivity index (χ4n) is 1.75. The summed E-state index contributed by atoms with van der Waals surface area (Å²) >= 11 is 1.52. The predicted octanol–water partition coefficient (Wildman–Crippen LogP) is 3.22. The molecule has 0 aliphatic rings. The molecular formula is C15H13N3O3S. The molecule has 3 aromatic rings. The van der Waals surface area contributed by atoms with Gasteiger partial charge in [0.1, 0.15) is 13.2 Å². The van der Waals surface area contributed by atoms with Crippen LogP contribution in [0.2, 0.25) is 0 Å². The summed E-state index contributed by atoms with van der Waals surface area (Å²) in [5.41, 5.74) is 0.926. The first-order valence-corrected chi connectivity index (χ1v) is 7.50. The average molecular weight is 315 g/mol. The van der Waals surface area contributed by atoms with E-state index in [9.17, 15) is 4.79 Å². The summed E-state index contributed by atoms with van der Waals surface area (Å²) in [6.45, 7) is 0.350. The van der Waals surface area contributed by atoms with Crippen LogP contribution in [0.25, 0.3) is 10.7 Å². The van der Waals surface area contributed by atoms with Gasteiger partial charge < -0.3 is 14.6 Å². The fraction of sp³-hybridized carbons (Fsp3) is 0.133. The maximum Gasteiger partial charge on any atom is 0.407 e. The molecule has 0 bridgehead atoms. The highest BCUT2D eigenvalue weighted by molar-refractivity contribution is 7.13. The van der Waals surface area contributed by atoms with Gasteiger partial charge in [0.05, 0.1) is 4.88 Å². The topological polar surface area (TPSA) is 77.3 Å². The molecule has 0 aliphatic carbocycles. The molecule has 0 aliphatic heterocycles. The zero-order valence-electron chi connectivity index (χ0n) is 11.6. The maximum atomic E-state index is 11.6. The van der Waals surface area contributed by atoms with Crippen LogP contribution in [0.1, 0.15) is 11.5 Å². The highest BCUT2D eigenvalue weighted by Gasteiger charge is 2.10. The molecule has 1 aromatic carbocycles. The predicted molar refractivity (Wildman–Crippen MR) is 81.1 cm³/mol. The largest absolute Gasteiger partial charge is 0.445 e. The number of thiophene rings is 1. The van der Waals surface area contributed by atoms with Crippen LogP contribution < -0.4 is 5.32 Å². The number of ether oxygens (including phenoxy) is 1. The minimum absolute atomic E-state index is 0.131. The van der Waals surface area contributed by atoms with Crippen molar-refractivity contribution < 1.29 is 14.1 Å². The summed E-state index contributed by atoms with van der Waals surface area (Å²) in [5, 5.41) is 8.37. The smallest absolute Gasteiger partial charge is 0.407 e. The van der Waals surface area contributed by atoms with Gasteiger partial charge in [-0.05, 0) is 17.0 Å². The Morgan fingerprint density at radius 3 is 2.86 bits per heavy atom. The third-order valence-corrected chi connectivity index (χ3v) is 3.67. The van der Waals surface area contributed by atoms with Crippen molar-refractivity contribution in [3.63, 3.8) is 0 Å². The van der Waals surface area contributed by atoms with Crippen LogP contribution in [0, 0.1) is 0 Å².